The second-order valence-electron chi connectivity index (χ2n) is 10.2. The smallest absolute Gasteiger partial charge is 0.149 e. The van der Waals surface area contributed by atoms with Crippen LogP contribution in [0.1, 0.15) is 37.6 Å². The number of aliphatic hydroxyl groups excluding tert-OH is 1. The summed E-state index contributed by atoms with van der Waals surface area (Å²) in [6, 6.07) is 8.28. The van der Waals surface area contributed by atoms with Crippen LogP contribution in [0.25, 0.3) is 11.3 Å². The van der Waals surface area contributed by atoms with Crippen molar-refractivity contribution in [2.45, 2.75) is 51.2 Å². The lowest BCUT2D eigenvalue weighted by Crippen LogP contribution is -2.55. The summed E-state index contributed by atoms with van der Waals surface area (Å²) in [5.41, 5.74) is 6.54. The van der Waals surface area contributed by atoms with Crippen LogP contribution in [0, 0.1) is 34.7 Å². The maximum Gasteiger partial charge on any atom is 0.149 e. The molecule has 1 aliphatic heterocycles. The van der Waals surface area contributed by atoms with Gasteiger partial charge in [0.1, 0.15) is 23.1 Å². The number of aliphatic hydroxyl groups is 1. The lowest BCUT2D eigenvalue weighted by molar-refractivity contribution is 0.0784. The lowest BCUT2D eigenvalue weighted by Gasteiger charge is -2.40. The van der Waals surface area contributed by atoms with E-state index in [1.165, 1.54) is 6.07 Å². The molecule has 3 heterocycles. The molecule has 6 nitrogen and oxygen atoms in total. The number of halogens is 3. The number of aryl methyl sites for hydroxylation is 2. The van der Waals surface area contributed by atoms with Crippen LogP contribution in [0.15, 0.2) is 42.7 Å². The fourth-order valence-electron chi connectivity index (χ4n) is 4.72. The van der Waals surface area contributed by atoms with Gasteiger partial charge in [-0.2, -0.15) is 5.26 Å². The Morgan fingerprint density at radius 2 is 1.81 bits per heavy atom. The Morgan fingerprint density at radius 1 is 1.11 bits per heavy atom. The molecule has 3 N–H and O–H groups in total. The van der Waals surface area contributed by atoms with Gasteiger partial charge in [0.2, 0.25) is 0 Å². The second kappa shape index (κ2) is 10.5. The summed E-state index contributed by atoms with van der Waals surface area (Å²) < 4.78 is 44.6. The number of hydrogen-bond acceptors (Lipinski definition) is 6. The molecule has 37 heavy (non-hydrogen) atoms. The molecular formula is C28H30F3N5O. The predicted octanol–water partition coefficient (Wildman–Crippen LogP) is 4.29. The molecule has 2 aromatic heterocycles. The van der Waals surface area contributed by atoms with Crippen molar-refractivity contribution < 1.29 is 18.3 Å². The summed E-state index contributed by atoms with van der Waals surface area (Å²) in [4.78, 5) is 10.6. The van der Waals surface area contributed by atoms with Crippen molar-refractivity contribution in [1.29, 1.82) is 5.26 Å². The highest BCUT2D eigenvalue weighted by atomic mass is 19.1. The molecule has 1 aliphatic rings. The zero-order valence-electron chi connectivity index (χ0n) is 21.0. The van der Waals surface area contributed by atoms with Crippen molar-refractivity contribution in [2.24, 2.45) is 11.7 Å². The van der Waals surface area contributed by atoms with Crippen molar-refractivity contribution in [2.75, 3.05) is 18.0 Å². The van der Waals surface area contributed by atoms with Crippen molar-refractivity contribution in [1.82, 2.24) is 9.97 Å². The third-order valence-corrected chi connectivity index (χ3v) is 7.01. The Labute approximate surface area is 214 Å². The maximum absolute atomic E-state index is 15.0. The highest BCUT2D eigenvalue weighted by Crippen LogP contribution is 2.33. The summed E-state index contributed by atoms with van der Waals surface area (Å²) in [5, 5.41) is 19.5. The molecule has 9 heteroatoms. The summed E-state index contributed by atoms with van der Waals surface area (Å²) in [7, 11) is 0. The van der Waals surface area contributed by atoms with Crippen LogP contribution < -0.4 is 10.6 Å². The van der Waals surface area contributed by atoms with E-state index in [0.29, 0.717) is 31.6 Å². The third kappa shape index (κ3) is 5.45. The van der Waals surface area contributed by atoms with Crippen LogP contribution in [0.4, 0.5) is 18.9 Å². The SMILES string of the molecule is C[C@H]1CN(c2ccncc2CCc2ccc(F)c(-c3c(F)cc(C(C)(C)C#N)cc3F)n2)C[C@@H](N)[C@@H]1O. The number of piperidine rings is 1. The fraction of sp³-hybridized carbons (Fsp3) is 0.393. The molecule has 1 aromatic carbocycles. The molecule has 0 aliphatic carbocycles. The van der Waals surface area contributed by atoms with Gasteiger partial charge in [-0.05, 0) is 68.1 Å². The van der Waals surface area contributed by atoms with Crippen LogP contribution in [0.2, 0.25) is 0 Å². The number of nitrogens with zero attached hydrogens (tertiary/aromatic N) is 4. The number of anilines is 1. The van der Waals surface area contributed by atoms with E-state index >= 15 is 0 Å². The number of aromatic nitrogens is 2. The maximum atomic E-state index is 15.0. The van der Waals surface area contributed by atoms with E-state index in [-0.39, 0.29) is 17.5 Å². The molecule has 4 rings (SSSR count). The van der Waals surface area contributed by atoms with Crippen LogP contribution in [-0.2, 0) is 18.3 Å². The summed E-state index contributed by atoms with van der Waals surface area (Å²) in [5.74, 6) is -2.80. The van der Waals surface area contributed by atoms with Gasteiger partial charge < -0.3 is 15.7 Å². The number of hydrogen-bond donors (Lipinski definition) is 2. The van der Waals surface area contributed by atoms with Crippen molar-refractivity contribution in [3.05, 3.63) is 77.0 Å². The Kier molecular flexibility index (Phi) is 7.53. The minimum Gasteiger partial charge on any atom is -0.391 e. The normalized spacial score (nSPS) is 20.1. The zero-order valence-corrected chi connectivity index (χ0v) is 21.0. The first-order chi connectivity index (χ1) is 17.5. The summed E-state index contributed by atoms with van der Waals surface area (Å²) in [6.45, 7) is 6.19. The van der Waals surface area contributed by atoms with Crippen molar-refractivity contribution in [3.63, 3.8) is 0 Å². The molecule has 3 aromatic rings. The Balaban J connectivity index is 1.60. The van der Waals surface area contributed by atoms with Gasteiger partial charge in [-0.25, -0.2) is 18.2 Å². The van der Waals surface area contributed by atoms with Gasteiger partial charge in [0, 0.05) is 48.8 Å². The predicted molar refractivity (Wildman–Crippen MR) is 135 cm³/mol. The summed E-state index contributed by atoms with van der Waals surface area (Å²) in [6.07, 6.45) is 3.76. The molecule has 194 valence electrons. The van der Waals surface area contributed by atoms with Gasteiger partial charge in [-0.15, -0.1) is 0 Å². The van der Waals surface area contributed by atoms with E-state index in [1.807, 2.05) is 19.1 Å². The van der Waals surface area contributed by atoms with E-state index in [0.717, 1.165) is 29.4 Å². The molecular weight excluding hydrogens is 479 g/mol. The van der Waals surface area contributed by atoms with E-state index in [9.17, 15) is 23.5 Å². The molecule has 1 fully saturated rings. The largest absolute Gasteiger partial charge is 0.391 e. The highest BCUT2D eigenvalue weighted by molar-refractivity contribution is 5.63. The first-order valence-corrected chi connectivity index (χ1v) is 12.2. The first-order valence-electron chi connectivity index (χ1n) is 12.2. The van der Waals surface area contributed by atoms with Crippen LogP contribution in [-0.4, -0.2) is 40.3 Å². The number of benzene rings is 1. The average molecular weight is 510 g/mol. The quantitative estimate of drug-likeness (QED) is 0.514. The van der Waals surface area contributed by atoms with E-state index in [2.05, 4.69) is 14.9 Å². The molecule has 1 saturated heterocycles. The van der Waals surface area contributed by atoms with Gasteiger partial charge in [-0.3, -0.25) is 4.98 Å². The Bertz CT molecular complexity index is 1300. The van der Waals surface area contributed by atoms with E-state index in [4.69, 9.17) is 5.73 Å². The molecule has 0 radical (unpaired) electrons. The van der Waals surface area contributed by atoms with Gasteiger partial charge >= 0.3 is 0 Å². The molecule has 0 unspecified atom stereocenters. The van der Waals surface area contributed by atoms with Crippen LogP contribution >= 0.6 is 0 Å². The standard InChI is InChI=1S/C28H30F3N5O/c1-16-13-36(14-23(33)27(16)37)24-8-9-34-12-17(24)4-5-19-6-7-20(29)26(35-19)25-21(30)10-18(11-22(25)31)28(2,3)15-32/h6-12,16,23,27,37H,4-5,13-14,33H2,1-3H3/t16-,23+,27+/m0/s1. The molecule has 0 bridgehead atoms. The monoisotopic (exact) mass is 509 g/mol. The van der Waals surface area contributed by atoms with Gasteiger partial charge in [-0.1, -0.05) is 6.92 Å². The molecule has 3 atom stereocenters. The van der Waals surface area contributed by atoms with E-state index in [1.54, 1.807) is 26.2 Å². The highest BCUT2D eigenvalue weighted by Gasteiger charge is 2.31. The Morgan fingerprint density at radius 3 is 2.46 bits per heavy atom. The molecule has 0 saturated carbocycles. The fourth-order valence-corrected chi connectivity index (χ4v) is 4.72. The van der Waals surface area contributed by atoms with Crippen molar-refractivity contribution in [3.8, 4) is 17.3 Å². The first kappa shape index (κ1) is 26.6. The minimum absolute atomic E-state index is 0.000930. The molecule has 0 amide bonds. The number of nitrogens with two attached hydrogens (primary N) is 1. The summed E-state index contributed by atoms with van der Waals surface area (Å²) >= 11 is 0. The molecule has 0 spiro atoms. The van der Waals surface area contributed by atoms with Gasteiger partial charge in [0.05, 0.1) is 23.2 Å². The average Bonchev–Trinajstić information content (AvgIpc) is 2.87. The van der Waals surface area contributed by atoms with Gasteiger partial charge in [0.15, 0.2) is 0 Å². The number of pyridine rings is 2. The topological polar surface area (TPSA) is 99.1 Å². The lowest BCUT2D eigenvalue weighted by atomic mass is 9.85. The van der Waals surface area contributed by atoms with Crippen LogP contribution in [0.3, 0.4) is 0 Å². The zero-order chi connectivity index (χ0) is 26.9. The van der Waals surface area contributed by atoms with E-state index < -0.39 is 40.2 Å². The van der Waals surface area contributed by atoms with Crippen molar-refractivity contribution >= 4 is 5.69 Å². The second-order valence-corrected chi connectivity index (χ2v) is 10.2. The Hall–Kier alpha value is -3.48. The number of rotatable bonds is 6. The third-order valence-electron chi connectivity index (χ3n) is 7.01. The number of nitriles is 1. The van der Waals surface area contributed by atoms with Crippen LogP contribution in [0.5, 0.6) is 0 Å². The van der Waals surface area contributed by atoms with Gasteiger partial charge in [0.25, 0.3) is 0 Å². The minimum atomic E-state index is -1.11.